The van der Waals surface area contributed by atoms with Crippen LogP contribution in [-0.2, 0) is 0 Å². The van der Waals surface area contributed by atoms with Crippen molar-refractivity contribution in [3.05, 3.63) is 29.8 Å². The molecular formula is C12H18Cl2N2O2. The van der Waals surface area contributed by atoms with Crippen molar-refractivity contribution in [2.24, 2.45) is 5.73 Å². The second-order valence-corrected chi connectivity index (χ2v) is 4.18. The summed E-state index contributed by atoms with van der Waals surface area (Å²) in [5.74, 6) is -0.882. The minimum Gasteiger partial charge on any atom is -0.478 e. The van der Waals surface area contributed by atoms with Crippen molar-refractivity contribution in [2.45, 2.75) is 18.9 Å². The topological polar surface area (TPSA) is 66.6 Å². The van der Waals surface area contributed by atoms with E-state index in [0.29, 0.717) is 11.6 Å². The van der Waals surface area contributed by atoms with Gasteiger partial charge in [0.2, 0.25) is 0 Å². The van der Waals surface area contributed by atoms with Crippen LogP contribution in [0, 0.1) is 0 Å². The van der Waals surface area contributed by atoms with Crippen molar-refractivity contribution < 1.29 is 9.90 Å². The van der Waals surface area contributed by atoms with E-state index in [1.165, 1.54) is 0 Å². The molecule has 1 fully saturated rings. The molecule has 0 bridgehead atoms. The van der Waals surface area contributed by atoms with Gasteiger partial charge in [-0.15, -0.1) is 24.8 Å². The van der Waals surface area contributed by atoms with E-state index in [4.69, 9.17) is 10.8 Å². The van der Waals surface area contributed by atoms with Crippen molar-refractivity contribution in [2.75, 3.05) is 18.0 Å². The molecule has 0 radical (unpaired) electrons. The monoisotopic (exact) mass is 292 g/mol. The molecule has 3 N–H and O–H groups in total. The second-order valence-electron chi connectivity index (χ2n) is 4.18. The highest BCUT2D eigenvalue weighted by Crippen LogP contribution is 2.19. The van der Waals surface area contributed by atoms with Crippen LogP contribution in [0.25, 0.3) is 0 Å². The largest absolute Gasteiger partial charge is 0.478 e. The number of nitrogens with zero attached hydrogens (tertiary/aromatic N) is 1. The molecule has 4 nitrogen and oxygen atoms in total. The Hall–Kier alpha value is -0.970. The first kappa shape index (κ1) is 17.0. The number of hydrogen-bond donors (Lipinski definition) is 2. The Morgan fingerprint density at radius 1 is 1.17 bits per heavy atom. The van der Waals surface area contributed by atoms with Crippen molar-refractivity contribution in [1.82, 2.24) is 0 Å². The molecule has 0 spiro atoms. The summed E-state index contributed by atoms with van der Waals surface area (Å²) < 4.78 is 0. The first-order chi connectivity index (χ1) is 7.66. The van der Waals surface area contributed by atoms with Gasteiger partial charge in [-0.25, -0.2) is 4.79 Å². The standard InChI is InChI=1S/C12H16N2O2.2ClH/c13-10-5-7-14(8-6-10)11-3-1-9(2-4-11)12(15)16;;/h1-4,10H,5-8,13H2,(H,15,16);2*1H. The molecule has 18 heavy (non-hydrogen) atoms. The predicted molar refractivity (Wildman–Crippen MR) is 77.3 cm³/mol. The smallest absolute Gasteiger partial charge is 0.335 e. The highest BCUT2D eigenvalue weighted by atomic mass is 35.5. The zero-order valence-corrected chi connectivity index (χ0v) is 11.5. The van der Waals surface area contributed by atoms with Crippen LogP contribution in [0.3, 0.4) is 0 Å². The van der Waals surface area contributed by atoms with E-state index in [2.05, 4.69) is 4.90 Å². The third-order valence-corrected chi connectivity index (χ3v) is 3.02. The predicted octanol–water partition coefficient (Wildman–Crippen LogP) is 2.16. The van der Waals surface area contributed by atoms with Crippen molar-refractivity contribution >= 4 is 36.5 Å². The molecule has 1 aliphatic rings. The van der Waals surface area contributed by atoms with E-state index in [1.807, 2.05) is 12.1 Å². The maximum atomic E-state index is 10.7. The number of anilines is 1. The van der Waals surface area contributed by atoms with E-state index in [0.717, 1.165) is 31.6 Å². The summed E-state index contributed by atoms with van der Waals surface area (Å²) in [5, 5.41) is 8.79. The molecule has 0 atom stereocenters. The highest BCUT2D eigenvalue weighted by Gasteiger charge is 2.16. The number of rotatable bonds is 2. The fourth-order valence-corrected chi connectivity index (χ4v) is 1.97. The number of aromatic carboxylic acids is 1. The van der Waals surface area contributed by atoms with Crippen molar-refractivity contribution in [3.63, 3.8) is 0 Å². The zero-order valence-electron chi connectivity index (χ0n) is 9.91. The number of hydrogen-bond acceptors (Lipinski definition) is 3. The lowest BCUT2D eigenvalue weighted by molar-refractivity contribution is 0.0697. The fourth-order valence-electron chi connectivity index (χ4n) is 1.97. The molecule has 6 heteroatoms. The molecule has 1 aromatic carbocycles. The quantitative estimate of drug-likeness (QED) is 0.877. The van der Waals surface area contributed by atoms with Gasteiger partial charge in [-0.3, -0.25) is 0 Å². The average Bonchev–Trinajstić information content (AvgIpc) is 2.30. The number of carboxylic acids is 1. The van der Waals surface area contributed by atoms with E-state index in [9.17, 15) is 4.79 Å². The Morgan fingerprint density at radius 2 is 1.67 bits per heavy atom. The third kappa shape index (κ3) is 4.05. The molecule has 0 amide bonds. The minimum absolute atomic E-state index is 0. The number of carboxylic acid groups (broad SMARTS) is 1. The van der Waals surface area contributed by atoms with Gasteiger partial charge in [0, 0.05) is 24.8 Å². The number of carbonyl (C=O) groups is 1. The van der Waals surface area contributed by atoms with Crippen LogP contribution in [0.5, 0.6) is 0 Å². The maximum Gasteiger partial charge on any atom is 0.335 e. The normalized spacial score (nSPS) is 15.5. The van der Waals surface area contributed by atoms with Gasteiger partial charge in [-0.05, 0) is 37.1 Å². The van der Waals surface area contributed by atoms with Gasteiger partial charge in [0.25, 0.3) is 0 Å². The van der Waals surface area contributed by atoms with Gasteiger partial charge in [-0.1, -0.05) is 0 Å². The number of halogens is 2. The lowest BCUT2D eigenvalue weighted by atomic mass is 10.1. The molecule has 0 aromatic heterocycles. The molecule has 2 rings (SSSR count). The van der Waals surface area contributed by atoms with Crippen LogP contribution in [0.15, 0.2) is 24.3 Å². The summed E-state index contributed by atoms with van der Waals surface area (Å²) in [6.07, 6.45) is 2.00. The Morgan fingerprint density at radius 3 is 2.11 bits per heavy atom. The molecule has 1 aromatic rings. The molecule has 0 unspecified atom stereocenters. The van der Waals surface area contributed by atoms with Crippen LogP contribution in [-0.4, -0.2) is 30.2 Å². The SMILES string of the molecule is Cl.Cl.NC1CCN(c2ccc(C(=O)O)cc2)CC1. The first-order valence-electron chi connectivity index (χ1n) is 5.50. The summed E-state index contributed by atoms with van der Waals surface area (Å²) >= 11 is 0. The van der Waals surface area contributed by atoms with E-state index in [-0.39, 0.29) is 24.8 Å². The van der Waals surface area contributed by atoms with Crippen LogP contribution in [0.1, 0.15) is 23.2 Å². The van der Waals surface area contributed by atoms with Crippen molar-refractivity contribution in [3.8, 4) is 0 Å². The maximum absolute atomic E-state index is 10.7. The Labute approximate surface area is 119 Å². The highest BCUT2D eigenvalue weighted by molar-refractivity contribution is 5.88. The van der Waals surface area contributed by atoms with Crippen LogP contribution in [0.2, 0.25) is 0 Å². The third-order valence-electron chi connectivity index (χ3n) is 3.02. The molecule has 1 heterocycles. The molecule has 0 saturated carbocycles. The summed E-state index contributed by atoms with van der Waals surface area (Å²) in [6.45, 7) is 1.90. The van der Waals surface area contributed by atoms with Gasteiger partial charge in [0.05, 0.1) is 5.56 Å². The number of nitrogens with two attached hydrogens (primary N) is 1. The zero-order chi connectivity index (χ0) is 11.5. The summed E-state index contributed by atoms with van der Waals surface area (Å²) in [5.41, 5.74) is 7.25. The minimum atomic E-state index is -0.882. The number of benzene rings is 1. The fraction of sp³-hybridized carbons (Fsp3) is 0.417. The van der Waals surface area contributed by atoms with Gasteiger partial charge in [0.15, 0.2) is 0 Å². The second kappa shape index (κ2) is 7.46. The first-order valence-corrected chi connectivity index (χ1v) is 5.50. The van der Waals surface area contributed by atoms with Crippen LogP contribution < -0.4 is 10.6 Å². The van der Waals surface area contributed by atoms with E-state index >= 15 is 0 Å². The van der Waals surface area contributed by atoms with Gasteiger partial charge in [0.1, 0.15) is 0 Å². The summed E-state index contributed by atoms with van der Waals surface area (Å²) in [7, 11) is 0. The van der Waals surface area contributed by atoms with E-state index in [1.54, 1.807) is 12.1 Å². The Bertz CT molecular complexity index is 376. The van der Waals surface area contributed by atoms with E-state index < -0.39 is 5.97 Å². The Balaban J connectivity index is 0.00000144. The molecule has 0 aliphatic carbocycles. The molecular weight excluding hydrogens is 275 g/mol. The van der Waals surface area contributed by atoms with Crippen molar-refractivity contribution in [1.29, 1.82) is 0 Å². The van der Waals surface area contributed by atoms with Crippen LogP contribution >= 0.6 is 24.8 Å². The number of piperidine rings is 1. The molecule has 1 saturated heterocycles. The van der Waals surface area contributed by atoms with Gasteiger partial charge < -0.3 is 15.7 Å². The lowest BCUT2D eigenvalue weighted by Gasteiger charge is -2.32. The Kier molecular flexibility index (Phi) is 7.06. The van der Waals surface area contributed by atoms with Gasteiger partial charge >= 0.3 is 5.97 Å². The summed E-state index contributed by atoms with van der Waals surface area (Å²) in [6, 6.07) is 7.33. The van der Waals surface area contributed by atoms with Gasteiger partial charge in [-0.2, -0.15) is 0 Å². The summed E-state index contributed by atoms with van der Waals surface area (Å²) in [4.78, 5) is 12.9. The molecule has 1 aliphatic heterocycles. The van der Waals surface area contributed by atoms with Crippen LogP contribution in [0.4, 0.5) is 5.69 Å². The average molecular weight is 293 g/mol. The molecule has 102 valence electrons. The lowest BCUT2D eigenvalue weighted by Crippen LogP contribution is -2.39.